The first-order valence-electron chi connectivity index (χ1n) is 7.82. The predicted molar refractivity (Wildman–Crippen MR) is 90.3 cm³/mol. The number of carbonyl (C=O) groups excluding carboxylic acids is 1. The van der Waals surface area contributed by atoms with Gasteiger partial charge in [0.2, 0.25) is 0 Å². The molecule has 124 valence electrons. The molecule has 2 heterocycles. The van der Waals surface area contributed by atoms with Gasteiger partial charge in [-0.3, -0.25) is 4.90 Å². The van der Waals surface area contributed by atoms with Crippen LogP contribution in [0.15, 0.2) is 17.5 Å². The van der Waals surface area contributed by atoms with Gasteiger partial charge in [0.25, 0.3) is 0 Å². The van der Waals surface area contributed by atoms with Gasteiger partial charge < -0.3 is 15.8 Å². The number of piperidine rings is 1. The van der Waals surface area contributed by atoms with E-state index in [1.165, 1.54) is 4.88 Å². The normalized spacial score (nSPS) is 23.3. The van der Waals surface area contributed by atoms with E-state index in [1.807, 2.05) is 20.8 Å². The highest BCUT2D eigenvalue weighted by atomic mass is 32.1. The monoisotopic (exact) mass is 325 g/mol. The summed E-state index contributed by atoms with van der Waals surface area (Å²) in [6.07, 6.45) is 0.609. The molecule has 1 aromatic rings. The summed E-state index contributed by atoms with van der Waals surface area (Å²) in [6.45, 7) is 8.96. The van der Waals surface area contributed by atoms with Gasteiger partial charge in [-0.2, -0.15) is 0 Å². The molecule has 1 amide bonds. The number of thiophene rings is 1. The largest absolute Gasteiger partial charge is 0.444 e. The van der Waals surface area contributed by atoms with E-state index in [4.69, 9.17) is 10.5 Å². The van der Waals surface area contributed by atoms with Gasteiger partial charge in [0.05, 0.1) is 0 Å². The summed E-state index contributed by atoms with van der Waals surface area (Å²) < 4.78 is 5.37. The molecule has 0 aromatic carbocycles. The number of amides is 1. The Labute approximate surface area is 136 Å². The van der Waals surface area contributed by atoms with E-state index in [-0.39, 0.29) is 12.1 Å². The lowest BCUT2D eigenvalue weighted by Crippen LogP contribution is -2.51. The summed E-state index contributed by atoms with van der Waals surface area (Å²) in [7, 11) is 0. The second kappa shape index (κ2) is 7.44. The average molecular weight is 325 g/mol. The third-order valence-corrected chi connectivity index (χ3v) is 4.67. The van der Waals surface area contributed by atoms with Crippen molar-refractivity contribution in [2.45, 2.75) is 44.8 Å². The Kier molecular flexibility index (Phi) is 5.83. The Hall–Kier alpha value is -1.11. The minimum atomic E-state index is -0.469. The van der Waals surface area contributed by atoms with Crippen LogP contribution in [0.3, 0.4) is 0 Å². The number of rotatable bonds is 4. The first-order chi connectivity index (χ1) is 10.4. The molecular formula is C16H27N3O2S. The quantitative estimate of drug-likeness (QED) is 0.892. The van der Waals surface area contributed by atoms with Gasteiger partial charge in [0, 0.05) is 43.0 Å². The van der Waals surface area contributed by atoms with Crippen LogP contribution in [0.2, 0.25) is 0 Å². The molecule has 2 unspecified atom stereocenters. The van der Waals surface area contributed by atoms with Gasteiger partial charge in [-0.15, -0.1) is 11.3 Å². The van der Waals surface area contributed by atoms with E-state index in [0.717, 1.165) is 26.1 Å². The molecule has 1 saturated heterocycles. The van der Waals surface area contributed by atoms with E-state index in [1.54, 1.807) is 11.3 Å². The zero-order valence-electron chi connectivity index (χ0n) is 13.7. The molecule has 1 aromatic heterocycles. The number of likely N-dealkylation sites (tertiary alicyclic amines) is 1. The van der Waals surface area contributed by atoms with E-state index < -0.39 is 5.60 Å². The lowest BCUT2D eigenvalue weighted by molar-refractivity contribution is 0.0466. The molecule has 3 N–H and O–H groups in total. The van der Waals surface area contributed by atoms with Gasteiger partial charge in [0.15, 0.2) is 0 Å². The van der Waals surface area contributed by atoms with Crippen LogP contribution in [0.4, 0.5) is 4.79 Å². The molecule has 22 heavy (non-hydrogen) atoms. The maximum atomic E-state index is 12.0. The molecule has 5 nitrogen and oxygen atoms in total. The van der Waals surface area contributed by atoms with Crippen LogP contribution < -0.4 is 11.1 Å². The van der Waals surface area contributed by atoms with Gasteiger partial charge in [-0.1, -0.05) is 6.07 Å². The summed E-state index contributed by atoms with van der Waals surface area (Å²) in [5.74, 6) is 0.445. The van der Waals surface area contributed by atoms with Gasteiger partial charge in [-0.05, 0) is 38.6 Å². The van der Waals surface area contributed by atoms with Crippen molar-refractivity contribution in [1.29, 1.82) is 0 Å². The van der Waals surface area contributed by atoms with Crippen molar-refractivity contribution < 1.29 is 9.53 Å². The molecule has 0 aliphatic carbocycles. The number of hydrogen-bond acceptors (Lipinski definition) is 5. The molecule has 1 aliphatic heterocycles. The first-order valence-corrected chi connectivity index (χ1v) is 8.70. The highest BCUT2D eigenvalue weighted by Gasteiger charge is 2.30. The van der Waals surface area contributed by atoms with Crippen molar-refractivity contribution in [2.75, 3.05) is 26.2 Å². The SMILES string of the molecule is CC(C)(C)OC(=O)NC1CC(c2cccs2)CN(CCN)C1. The fraction of sp³-hybridized carbons (Fsp3) is 0.688. The molecular weight excluding hydrogens is 298 g/mol. The molecule has 0 spiro atoms. The number of nitrogens with one attached hydrogen (secondary N) is 1. The molecule has 2 atom stereocenters. The Morgan fingerprint density at radius 1 is 1.50 bits per heavy atom. The number of alkyl carbamates (subject to hydrolysis) is 1. The lowest BCUT2D eigenvalue weighted by atomic mass is 9.93. The highest BCUT2D eigenvalue weighted by Crippen LogP contribution is 2.30. The summed E-state index contributed by atoms with van der Waals surface area (Å²) in [5, 5.41) is 5.12. The maximum Gasteiger partial charge on any atom is 0.407 e. The van der Waals surface area contributed by atoms with E-state index in [2.05, 4.69) is 27.7 Å². The predicted octanol–water partition coefficient (Wildman–Crippen LogP) is 2.39. The minimum absolute atomic E-state index is 0.0993. The Morgan fingerprint density at radius 3 is 2.86 bits per heavy atom. The first kappa shape index (κ1) is 17.2. The molecule has 6 heteroatoms. The van der Waals surface area contributed by atoms with Crippen molar-refractivity contribution in [2.24, 2.45) is 5.73 Å². The molecule has 2 rings (SSSR count). The van der Waals surface area contributed by atoms with E-state index in [0.29, 0.717) is 12.5 Å². The van der Waals surface area contributed by atoms with Crippen molar-refractivity contribution in [3.05, 3.63) is 22.4 Å². The molecule has 0 bridgehead atoms. The number of hydrogen-bond donors (Lipinski definition) is 2. The van der Waals surface area contributed by atoms with Crippen LogP contribution in [-0.2, 0) is 4.74 Å². The Morgan fingerprint density at radius 2 is 2.27 bits per heavy atom. The smallest absolute Gasteiger partial charge is 0.407 e. The number of nitrogens with two attached hydrogens (primary N) is 1. The van der Waals surface area contributed by atoms with Crippen LogP contribution in [-0.4, -0.2) is 48.8 Å². The number of nitrogens with zero attached hydrogens (tertiary/aromatic N) is 1. The molecule has 1 fully saturated rings. The maximum absolute atomic E-state index is 12.0. The van der Waals surface area contributed by atoms with Crippen molar-refractivity contribution in [1.82, 2.24) is 10.2 Å². The number of ether oxygens (including phenoxy) is 1. The van der Waals surface area contributed by atoms with Crippen molar-refractivity contribution >= 4 is 17.4 Å². The average Bonchev–Trinajstić information content (AvgIpc) is 2.90. The van der Waals surface area contributed by atoms with Crippen LogP contribution in [0, 0.1) is 0 Å². The van der Waals surface area contributed by atoms with Crippen LogP contribution >= 0.6 is 11.3 Å². The summed E-state index contributed by atoms with van der Waals surface area (Å²) in [5.41, 5.74) is 5.23. The fourth-order valence-electron chi connectivity index (χ4n) is 2.86. The second-order valence-corrected chi connectivity index (χ2v) is 7.82. The van der Waals surface area contributed by atoms with Gasteiger partial charge in [0.1, 0.15) is 5.60 Å². The van der Waals surface area contributed by atoms with Crippen LogP contribution in [0.5, 0.6) is 0 Å². The standard InChI is InChI=1S/C16H27N3O2S/c1-16(2,3)21-15(20)18-13-9-12(14-5-4-8-22-14)10-19(11-13)7-6-17/h4-5,8,12-13H,6-7,9-11,17H2,1-3H3,(H,18,20). The van der Waals surface area contributed by atoms with Crippen molar-refractivity contribution in [3.8, 4) is 0 Å². The third kappa shape index (κ3) is 5.26. The Bertz CT molecular complexity index is 470. The van der Waals surface area contributed by atoms with Gasteiger partial charge >= 0.3 is 6.09 Å². The van der Waals surface area contributed by atoms with Crippen molar-refractivity contribution in [3.63, 3.8) is 0 Å². The molecule has 0 radical (unpaired) electrons. The van der Waals surface area contributed by atoms with E-state index in [9.17, 15) is 4.79 Å². The zero-order valence-corrected chi connectivity index (χ0v) is 14.5. The summed E-state index contributed by atoms with van der Waals surface area (Å²) in [4.78, 5) is 15.7. The summed E-state index contributed by atoms with van der Waals surface area (Å²) >= 11 is 1.78. The third-order valence-electron chi connectivity index (χ3n) is 3.64. The van der Waals surface area contributed by atoms with Crippen LogP contribution in [0.25, 0.3) is 0 Å². The highest BCUT2D eigenvalue weighted by molar-refractivity contribution is 7.10. The Balaban J connectivity index is 1.98. The molecule has 1 aliphatic rings. The topological polar surface area (TPSA) is 67.6 Å². The van der Waals surface area contributed by atoms with Gasteiger partial charge in [-0.25, -0.2) is 4.79 Å². The zero-order chi connectivity index (χ0) is 16.2. The fourth-order valence-corrected chi connectivity index (χ4v) is 3.70. The van der Waals surface area contributed by atoms with E-state index >= 15 is 0 Å². The minimum Gasteiger partial charge on any atom is -0.444 e. The second-order valence-electron chi connectivity index (χ2n) is 6.84. The summed E-state index contributed by atoms with van der Waals surface area (Å²) in [6, 6.07) is 4.35. The number of carbonyl (C=O) groups is 1. The molecule has 0 saturated carbocycles. The van der Waals surface area contributed by atoms with Crippen LogP contribution in [0.1, 0.15) is 38.0 Å². The lowest BCUT2D eigenvalue weighted by Gasteiger charge is -2.37.